The average Bonchev–Trinajstić information content (AvgIpc) is 3.26. The highest BCUT2D eigenvalue weighted by atomic mass is 16.9. The molecule has 192 valence electrons. The Hall–Kier alpha value is -1.91. The van der Waals surface area contributed by atoms with Crippen LogP contribution in [0.5, 0.6) is 11.5 Å². The highest BCUT2D eigenvalue weighted by Crippen LogP contribution is 2.72. The second-order valence-electron chi connectivity index (χ2n) is 11.6. The molecule has 3 fully saturated rings. The number of cyclic esters (lactones) is 1. The van der Waals surface area contributed by atoms with Crippen molar-refractivity contribution in [1.82, 2.24) is 0 Å². The Morgan fingerprint density at radius 1 is 1.06 bits per heavy atom. The number of fused-ring (bicyclic) bond motifs is 5. The Bertz CT molecular complexity index is 1150. The zero-order valence-electron chi connectivity index (χ0n) is 21.3. The van der Waals surface area contributed by atoms with Crippen LogP contribution in [0, 0.1) is 18.3 Å². The van der Waals surface area contributed by atoms with Crippen molar-refractivity contribution >= 4 is 5.97 Å². The highest BCUT2D eigenvalue weighted by molar-refractivity contribution is 5.98. The van der Waals surface area contributed by atoms with Crippen LogP contribution < -0.4 is 9.47 Å². The molecular weight excluding hydrogens is 456 g/mol. The first-order chi connectivity index (χ1) is 16.3. The summed E-state index contributed by atoms with van der Waals surface area (Å²) in [5.74, 6) is -1.46. The van der Waals surface area contributed by atoms with Crippen LogP contribution in [0.4, 0.5) is 0 Å². The Morgan fingerprint density at radius 3 is 2.43 bits per heavy atom. The Kier molecular flexibility index (Phi) is 4.49. The number of rotatable bonds is 2. The molecule has 6 rings (SSSR count). The lowest BCUT2D eigenvalue weighted by Crippen LogP contribution is -2.77. The maximum Gasteiger partial charge on any atom is 0.342 e. The van der Waals surface area contributed by atoms with Gasteiger partial charge in [0, 0.05) is 36.8 Å². The maximum atomic E-state index is 12.6. The summed E-state index contributed by atoms with van der Waals surface area (Å²) in [6, 6.07) is 0. The molecule has 9 nitrogen and oxygen atoms in total. The number of aliphatic hydroxyl groups excluding tert-OH is 2. The summed E-state index contributed by atoms with van der Waals surface area (Å²) in [6.45, 7) is 9.77. The van der Waals surface area contributed by atoms with E-state index in [0.29, 0.717) is 35.3 Å². The van der Waals surface area contributed by atoms with Gasteiger partial charge >= 0.3 is 5.97 Å². The van der Waals surface area contributed by atoms with Crippen molar-refractivity contribution in [2.45, 2.75) is 95.5 Å². The minimum absolute atomic E-state index is 0.130. The number of ether oxygens (including phenoxy) is 6. The molecule has 1 aromatic rings. The van der Waals surface area contributed by atoms with Gasteiger partial charge < -0.3 is 38.6 Å². The number of carbonyl (C=O) groups is 1. The molecule has 0 aromatic heterocycles. The lowest BCUT2D eigenvalue weighted by atomic mass is 9.45. The van der Waals surface area contributed by atoms with Gasteiger partial charge in [0.2, 0.25) is 0 Å². The van der Waals surface area contributed by atoms with E-state index in [2.05, 4.69) is 0 Å². The molecule has 1 spiro atoms. The SMILES string of the molecule is COc1c2c(c(C)c3c1C(O)C1C(C)(CC(O)C45OC(OC)(CCC14C)OC5(C)C)O3)COC2=O. The van der Waals surface area contributed by atoms with Gasteiger partial charge in [-0.3, -0.25) is 0 Å². The van der Waals surface area contributed by atoms with Crippen molar-refractivity contribution in [3.63, 3.8) is 0 Å². The van der Waals surface area contributed by atoms with Gasteiger partial charge in [-0.2, -0.15) is 0 Å². The molecule has 4 aliphatic heterocycles. The number of hydrogen-bond donors (Lipinski definition) is 2. The van der Waals surface area contributed by atoms with Crippen LogP contribution >= 0.6 is 0 Å². The topological polar surface area (TPSA) is 113 Å². The highest BCUT2D eigenvalue weighted by Gasteiger charge is 2.81. The van der Waals surface area contributed by atoms with E-state index < -0.39 is 52.3 Å². The van der Waals surface area contributed by atoms with Crippen LogP contribution in [0.3, 0.4) is 0 Å². The largest absolute Gasteiger partial charge is 0.495 e. The third kappa shape index (κ3) is 2.44. The van der Waals surface area contributed by atoms with E-state index in [-0.39, 0.29) is 18.8 Å². The summed E-state index contributed by atoms with van der Waals surface area (Å²) < 4.78 is 36.4. The zero-order valence-corrected chi connectivity index (χ0v) is 21.3. The van der Waals surface area contributed by atoms with Gasteiger partial charge in [-0.1, -0.05) is 6.92 Å². The Balaban J connectivity index is 1.59. The van der Waals surface area contributed by atoms with Crippen LogP contribution in [0.2, 0.25) is 0 Å². The second-order valence-corrected chi connectivity index (χ2v) is 11.6. The van der Waals surface area contributed by atoms with Crippen LogP contribution in [-0.4, -0.2) is 59.3 Å². The summed E-state index contributed by atoms with van der Waals surface area (Å²) in [7, 11) is 3.02. The Labute approximate surface area is 204 Å². The number of hydrogen-bond acceptors (Lipinski definition) is 9. The molecule has 5 aliphatic rings. The van der Waals surface area contributed by atoms with E-state index in [1.165, 1.54) is 7.11 Å². The van der Waals surface area contributed by atoms with Crippen molar-refractivity contribution in [1.29, 1.82) is 0 Å². The second kappa shape index (κ2) is 6.69. The fourth-order valence-corrected chi connectivity index (χ4v) is 8.42. The summed E-state index contributed by atoms with van der Waals surface area (Å²) in [6.07, 6.45) is -0.802. The molecular formula is C26H34O9. The predicted molar refractivity (Wildman–Crippen MR) is 121 cm³/mol. The summed E-state index contributed by atoms with van der Waals surface area (Å²) in [5.41, 5.74) is -1.56. The van der Waals surface area contributed by atoms with Crippen molar-refractivity contribution in [3.05, 3.63) is 22.3 Å². The summed E-state index contributed by atoms with van der Waals surface area (Å²) >= 11 is 0. The predicted octanol–water partition coefficient (Wildman–Crippen LogP) is 2.90. The molecule has 35 heavy (non-hydrogen) atoms. The first-order valence-corrected chi connectivity index (χ1v) is 12.2. The van der Waals surface area contributed by atoms with Crippen LogP contribution in [0.1, 0.15) is 80.1 Å². The summed E-state index contributed by atoms with van der Waals surface area (Å²) in [5, 5.41) is 23.9. The van der Waals surface area contributed by atoms with Crippen LogP contribution in [0.25, 0.3) is 0 Å². The molecule has 2 N–H and O–H groups in total. The molecule has 2 saturated heterocycles. The molecule has 1 aliphatic carbocycles. The van der Waals surface area contributed by atoms with Gasteiger partial charge in [0.05, 0.1) is 24.9 Å². The fraction of sp³-hybridized carbons (Fsp3) is 0.731. The van der Waals surface area contributed by atoms with Crippen LogP contribution in [-0.2, 0) is 25.6 Å². The van der Waals surface area contributed by atoms with E-state index in [1.54, 1.807) is 7.11 Å². The quantitative estimate of drug-likeness (QED) is 0.604. The third-order valence-electron chi connectivity index (χ3n) is 9.66. The van der Waals surface area contributed by atoms with E-state index in [4.69, 9.17) is 28.4 Å². The molecule has 9 heteroatoms. The zero-order chi connectivity index (χ0) is 25.3. The minimum atomic E-state index is -1.25. The molecule has 1 aromatic carbocycles. The smallest absolute Gasteiger partial charge is 0.342 e. The lowest BCUT2D eigenvalue weighted by molar-refractivity contribution is -0.396. The van der Waals surface area contributed by atoms with E-state index in [1.807, 2.05) is 34.6 Å². The third-order valence-corrected chi connectivity index (χ3v) is 9.66. The number of carbonyl (C=O) groups excluding carboxylic acids is 1. The molecule has 1 saturated carbocycles. The molecule has 0 amide bonds. The molecule has 0 radical (unpaired) electrons. The monoisotopic (exact) mass is 490 g/mol. The first kappa shape index (κ1) is 23.5. The van der Waals surface area contributed by atoms with E-state index in [0.717, 1.165) is 5.56 Å². The normalized spacial score (nSPS) is 44.5. The molecule has 7 unspecified atom stereocenters. The van der Waals surface area contributed by atoms with Crippen molar-refractivity contribution in [2.24, 2.45) is 11.3 Å². The van der Waals surface area contributed by atoms with Crippen molar-refractivity contribution in [3.8, 4) is 11.5 Å². The average molecular weight is 491 g/mol. The van der Waals surface area contributed by atoms with Gasteiger partial charge in [-0.05, 0) is 39.7 Å². The Morgan fingerprint density at radius 2 is 1.77 bits per heavy atom. The lowest BCUT2D eigenvalue weighted by Gasteiger charge is -2.67. The standard InChI is InChI=1S/C26H34O9/c1-12-13-11-32-21(29)15(13)19(30-6)16-17(28)20-23(4)8-9-25(31-7)34-22(2,3)26(23,35-25)14(27)10-24(20,5)33-18(12)16/h14,17,20,27-28H,8-11H2,1-7H3. The molecule has 7 atom stereocenters. The number of aliphatic hydroxyl groups is 2. The number of benzene rings is 1. The van der Waals surface area contributed by atoms with Gasteiger partial charge in [0.25, 0.3) is 5.97 Å². The van der Waals surface area contributed by atoms with Crippen molar-refractivity contribution in [2.75, 3.05) is 14.2 Å². The molecule has 2 bridgehead atoms. The van der Waals surface area contributed by atoms with Gasteiger partial charge in [-0.15, -0.1) is 0 Å². The van der Waals surface area contributed by atoms with E-state index >= 15 is 0 Å². The number of methoxy groups -OCH3 is 2. The first-order valence-electron chi connectivity index (χ1n) is 12.2. The van der Waals surface area contributed by atoms with Gasteiger partial charge in [-0.25, -0.2) is 4.79 Å². The summed E-state index contributed by atoms with van der Waals surface area (Å²) in [4.78, 5) is 12.6. The molecule has 4 heterocycles. The van der Waals surface area contributed by atoms with Gasteiger partial charge in [0.1, 0.15) is 40.5 Å². The maximum absolute atomic E-state index is 12.6. The number of esters is 1. The van der Waals surface area contributed by atoms with Crippen molar-refractivity contribution < 1.29 is 43.4 Å². The fourth-order valence-electron chi connectivity index (χ4n) is 8.42. The van der Waals surface area contributed by atoms with Gasteiger partial charge in [0.15, 0.2) is 0 Å². The van der Waals surface area contributed by atoms with Crippen LogP contribution in [0.15, 0.2) is 0 Å². The van der Waals surface area contributed by atoms with E-state index in [9.17, 15) is 15.0 Å². The minimum Gasteiger partial charge on any atom is -0.495 e.